The molecule has 2 aromatic carbocycles. The van der Waals surface area contributed by atoms with Gasteiger partial charge in [-0.3, -0.25) is 8.77 Å². The van der Waals surface area contributed by atoms with E-state index in [0.717, 1.165) is 21.7 Å². The predicted octanol–water partition coefficient (Wildman–Crippen LogP) is 3.79. The molecule has 3 rings (SSSR count). The zero-order valence-electron chi connectivity index (χ0n) is 10.3. The van der Waals surface area contributed by atoms with Gasteiger partial charge in [0.25, 0.3) is 0 Å². The van der Waals surface area contributed by atoms with Gasteiger partial charge in [0.1, 0.15) is 0 Å². The van der Waals surface area contributed by atoms with Gasteiger partial charge in [0.2, 0.25) is 0 Å². The summed E-state index contributed by atoms with van der Waals surface area (Å²) in [5.41, 5.74) is 1.32. The number of halogens is 1. The highest BCUT2D eigenvalue weighted by Gasteiger charge is 2.15. The van der Waals surface area contributed by atoms with E-state index < -0.39 is 11.0 Å². The summed E-state index contributed by atoms with van der Waals surface area (Å²) in [6.45, 7) is 0. The molecule has 0 saturated heterocycles. The van der Waals surface area contributed by atoms with Gasteiger partial charge in [0.15, 0.2) is 17.3 Å². The monoisotopic (exact) mass is 347 g/mol. The molecule has 0 bridgehead atoms. The molecular weight excluding hydrogens is 338 g/mol. The van der Waals surface area contributed by atoms with Crippen molar-refractivity contribution in [2.75, 3.05) is 0 Å². The zero-order chi connectivity index (χ0) is 14.1. The number of carbonyl (C=O) groups is 1. The van der Waals surface area contributed by atoms with Crippen LogP contribution in [0.4, 0.5) is 0 Å². The Kier molecular flexibility index (Phi) is 3.54. The minimum Gasteiger partial charge on any atom is -0.298 e. The Morgan fingerprint density at radius 3 is 2.50 bits per heavy atom. The second-order valence-corrected chi connectivity index (χ2v) is 6.41. The first-order chi connectivity index (χ1) is 9.72. The highest BCUT2D eigenvalue weighted by Crippen LogP contribution is 2.26. The van der Waals surface area contributed by atoms with E-state index in [1.165, 1.54) is 0 Å². The lowest BCUT2D eigenvalue weighted by Gasteiger charge is -2.06. The van der Waals surface area contributed by atoms with Crippen LogP contribution in [0.2, 0.25) is 0 Å². The van der Waals surface area contributed by atoms with Crippen molar-refractivity contribution in [3.05, 3.63) is 64.8 Å². The van der Waals surface area contributed by atoms with Crippen molar-refractivity contribution in [2.24, 2.45) is 0 Å². The summed E-state index contributed by atoms with van der Waals surface area (Å²) in [6, 6.07) is 14.8. The number of benzene rings is 2. The first-order valence-electron chi connectivity index (χ1n) is 5.94. The minimum absolute atomic E-state index is 0.543. The predicted molar refractivity (Wildman–Crippen MR) is 83.3 cm³/mol. The van der Waals surface area contributed by atoms with Crippen LogP contribution in [0, 0.1) is 0 Å². The van der Waals surface area contributed by atoms with Crippen molar-refractivity contribution in [3.63, 3.8) is 0 Å². The van der Waals surface area contributed by atoms with Crippen LogP contribution in [0.5, 0.6) is 0 Å². The molecule has 0 aliphatic heterocycles. The second-order valence-electron chi connectivity index (χ2n) is 4.22. The van der Waals surface area contributed by atoms with Crippen LogP contribution in [-0.4, -0.2) is 14.5 Å². The molecule has 1 atom stereocenters. The van der Waals surface area contributed by atoms with Crippen LogP contribution in [-0.2, 0) is 11.0 Å². The Morgan fingerprint density at radius 2 is 1.75 bits per heavy atom. The van der Waals surface area contributed by atoms with Gasteiger partial charge >= 0.3 is 0 Å². The summed E-state index contributed by atoms with van der Waals surface area (Å²) < 4.78 is 15.1. The van der Waals surface area contributed by atoms with Crippen LogP contribution in [0.3, 0.4) is 0 Å². The summed E-state index contributed by atoms with van der Waals surface area (Å²) in [5, 5.41) is 0.808. The zero-order valence-corrected chi connectivity index (χ0v) is 12.7. The van der Waals surface area contributed by atoms with E-state index in [-0.39, 0.29) is 0 Å². The lowest BCUT2D eigenvalue weighted by Crippen LogP contribution is -2.04. The van der Waals surface area contributed by atoms with Crippen molar-refractivity contribution in [1.29, 1.82) is 0 Å². The standard InChI is InChI=1S/C15H10BrNO2S/c16-13-6-2-4-8-15(13)20(19)17-9-11(10-18)12-5-1-3-7-14(12)17/h1-10H. The third kappa shape index (κ3) is 2.13. The number of carbonyl (C=O) groups excluding carboxylic acids is 1. The van der Waals surface area contributed by atoms with E-state index in [9.17, 15) is 9.00 Å². The lowest BCUT2D eigenvalue weighted by molar-refractivity contribution is 0.112. The summed E-state index contributed by atoms with van der Waals surface area (Å²) in [6.07, 6.45) is 2.42. The molecule has 3 nitrogen and oxygen atoms in total. The topological polar surface area (TPSA) is 39.1 Å². The van der Waals surface area contributed by atoms with Crippen LogP contribution in [0.1, 0.15) is 10.4 Å². The molecule has 5 heteroatoms. The molecule has 0 saturated carbocycles. The molecule has 0 amide bonds. The van der Waals surface area contributed by atoms with Gasteiger partial charge in [-0.2, -0.15) is 0 Å². The highest BCUT2D eigenvalue weighted by atomic mass is 79.9. The summed E-state index contributed by atoms with van der Waals surface area (Å²) in [5.74, 6) is 0. The number of rotatable bonds is 3. The number of aromatic nitrogens is 1. The van der Waals surface area contributed by atoms with E-state index in [4.69, 9.17) is 0 Å². The Morgan fingerprint density at radius 1 is 1.05 bits per heavy atom. The van der Waals surface area contributed by atoms with E-state index in [2.05, 4.69) is 15.9 Å². The quantitative estimate of drug-likeness (QED) is 0.676. The third-order valence-electron chi connectivity index (χ3n) is 3.04. The molecule has 1 aromatic heterocycles. The van der Waals surface area contributed by atoms with Gasteiger partial charge in [-0.25, -0.2) is 4.21 Å². The number of hydrogen-bond donors (Lipinski definition) is 0. The average molecular weight is 348 g/mol. The molecule has 0 aliphatic carbocycles. The number of nitrogens with zero attached hydrogens (tertiary/aromatic N) is 1. The van der Waals surface area contributed by atoms with Gasteiger partial charge in [-0.15, -0.1) is 0 Å². The third-order valence-corrected chi connectivity index (χ3v) is 5.38. The Balaban J connectivity index is 2.23. The number of hydrogen-bond acceptors (Lipinski definition) is 2. The Labute approximate surface area is 126 Å². The van der Waals surface area contributed by atoms with Gasteiger partial charge in [-0.05, 0) is 34.1 Å². The molecule has 0 aliphatic rings. The average Bonchev–Trinajstić information content (AvgIpc) is 2.86. The van der Waals surface area contributed by atoms with Crippen LogP contribution >= 0.6 is 15.9 Å². The van der Waals surface area contributed by atoms with Crippen molar-refractivity contribution in [1.82, 2.24) is 3.97 Å². The van der Waals surface area contributed by atoms with E-state index in [1.54, 1.807) is 16.2 Å². The van der Waals surface area contributed by atoms with E-state index in [1.807, 2.05) is 42.5 Å². The van der Waals surface area contributed by atoms with Gasteiger partial charge < -0.3 is 0 Å². The van der Waals surface area contributed by atoms with Gasteiger partial charge in [0.05, 0.1) is 10.4 Å². The summed E-state index contributed by atoms with van der Waals surface area (Å²) >= 11 is 3.41. The summed E-state index contributed by atoms with van der Waals surface area (Å²) in [7, 11) is -1.40. The maximum absolute atomic E-state index is 12.7. The number of aldehydes is 1. The maximum atomic E-state index is 12.7. The number of fused-ring (bicyclic) bond motifs is 1. The molecule has 0 fully saturated rings. The van der Waals surface area contributed by atoms with Crippen LogP contribution < -0.4 is 0 Å². The van der Waals surface area contributed by atoms with E-state index in [0.29, 0.717) is 10.5 Å². The fourth-order valence-corrected chi connectivity index (χ4v) is 3.99. The largest absolute Gasteiger partial charge is 0.298 e. The Hall–Kier alpha value is -1.72. The molecule has 0 N–H and O–H groups in total. The minimum atomic E-state index is -1.40. The molecular formula is C15H10BrNO2S. The van der Waals surface area contributed by atoms with Crippen molar-refractivity contribution < 1.29 is 9.00 Å². The van der Waals surface area contributed by atoms with Gasteiger partial charge in [0, 0.05) is 21.6 Å². The molecule has 20 heavy (non-hydrogen) atoms. The fourth-order valence-electron chi connectivity index (χ4n) is 2.10. The van der Waals surface area contributed by atoms with Crippen LogP contribution in [0.25, 0.3) is 10.9 Å². The first-order valence-corrected chi connectivity index (χ1v) is 7.84. The molecule has 100 valence electrons. The Bertz CT molecular complexity index is 826. The summed E-state index contributed by atoms with van der Waals surface area (Å²) in [4.78, 5) is 11.8. The molecule has 1 unspecified atom stereocenters. The molecule has 1 heterocycles. The van der Waals surface area contributed by atoms with Crippen molar-refractivity contribution in [2.45, 2.75) is 4.90 Å². The maximum Gasteiger partial charge on any atom is 0.158 e. The first kappa shape index (κ1) is 13.3. The fraction of sp³-hybridized carbons (Fsp3) is 0. The molecule has 0 spiro atoms. The second kappa shape index (κ2) is 5.34. The van der Waals surface area contributed by atoms with Gasteiger partial charge in [-0.1, -0.05) is 30.3 Å². The molecule has 3 aromatic rings. The normalized spacial score (nSPS) is 12.4. The van der Waals surface area contributed by atoms with E-state index >= 15 is 0 Å². The number of para-hydroxylation sites is 1. The van der Waals surface area contributed by atoms with Crippen molar-refractivity contribution in [3.8, 4) is 0 Å². The highest BCUT2D eigenvalue weighted by molar-refractivity contribution is 9.10. The van der Waals surface area contributed by atoms with Crippen LogP contribution in [0.15, 0.2) is 64.1 Å². The SMILES string of the molecule is O=Cc1cn(S(=O)c2ccccc2Br)c2ccccc12. The lowest BCUT2D eigenvalue weighted by atomic mass is 10.2. The van der Waals surface area contributed by atoms with Crippen molar-refractivity contribution >= 4 is 44.1 Å². The smallest absolute Gasteiger partial charge is 0.158 e. The molecule has 0 radical (unpaired) electrons.